The quantitative estimate of drug-likeness (QED) is 0.891. The molecule has 0 bridgehead atoms. The van der Waals surface area contributed by atoms with E-state index in [0.717, 1.165) is 38.0 Å². The van der Waals surface area contributed by atoms with E-state index in [1.54, 1.807) is 11.3 Å². The minimum Gasteiger partial charge on any atom is -0.481 e. The fourth-order valence-electron chi connectivity index (χ4n) is 2.52. The third-order valence-electron chi connectivity index (χ3n) is 3.63. The van der Waals surface area contributed by atoms with Crippen LogP contribution in [0.4, 0.5) is 0 Å². The van der Waals surface area contributed by atoms with Crippen LogP contribution in [0.2, 0.25) is 0 Å². The second-order valence-corrected chi connectivity index (χ2v) is 5.87. The molecular formula is C13H20N2O2S. The Bertz CT molecular complexity index is 419. The summed E-state index contributed by atoms with van der Waals surface area (Å²) in [7, 11) is 0. The van der Waals surface area contributed by atoms with Crippen LogP contribution in [0.1, 0.15) is 37.4 Å². The summed E-state index contributed by atoms with van der Waals surface area (Å²) in [4.78, 5) is 17.9. The standard InChI is InChI=1S/C13H20N2O2S/c1-3-4-12-14-10(8-18-12)7-15-6-5-11(9(15)2)13(16)17/h8-9,11H,3-7H2,1-2H3,(H,16,17). The van der Waals surface area contributed by atoms with E-state index in [9.17, 15) is 4.79 Å². The van der Waals surface area contributed by atoms with Crippen molar-refractivity contribution in [2.24, 2.45) is 5.92 Å². The van der Waals surface area contributed by atoms with Crippen molar-refractivity contribution in [2.45, 2.75) is 45.7 Å². The zero-order valence-corrected chi connectivity index (χ0v) is 11.7. The molecule has 5 heteroatoms. The number of thiazole rings is 1. The molecule has 0 amide bonds. The number of hydrogen-bond donors (Lipinski definition) is 1. The van der Waals surface area contributed by atoms with Gasteiger partial charge in [-0.2, -0.15) is 0 Å². The van der Waals surface area contributed by atoms with Crippen LogP contribution >= 0.6 is 11.3 Å². The highest BCUT2D eigenvalue weighted by Gasteiger charge is 2.35. The summed E-state index contributed by atoms with van der Waals surface area (Å²) in [6.07, 6.45) is 2.91. The first-order valence-corrected chi connectivity index (χ1v) is 7.40. The van der Waals surface area contributed by atoms with Gasteiger partial charge in [-0.15, -0.1) is 11.3 Å². The van der Waals surface area contributed by atoms with Crippen LogP contribution < -0.4 is 0 Å². The number of aliphatic carboxylic acids is 1. The normalized spacial score (nSPS) is 24.6. The van der Waals surface area contributed by atoms with Crippen LogP contribution in [0.5, 0.6) is 0 Å². The maximum absolute atomic E-state index is 11.1. The molecule has 1 aromatic heterocycles. The molecule has 18 heavy (non-hydrogen) atoms. The number of nitrogens with zero attached hydrogens (tertiary/aromatic N) is 2. The van der Waals surface area contributed by atoms with Crippen molar-refractivity contribution < 1.29 is 9.90 Å². The molecule has 0 spiro atoms. The molecule has 1 N–H and O–H groups in total. The van der Waals surface area contributed by atoms with Crippen molar-refractivity contribution >= 4 is 17.3 Å². The molecule has 1 aliphatic heterocycles. The maximum Gasteiger partial charge on any atom is 0.308 e. The van der Waals surface area contributed by atoms with Gasteiger partial charge in [0.2, 0.25) is 0 Å². The monoisotopic (exact) mass is 268 g/mol. The summed E-state index contributed by atoms with van der Waals surface area (Å²) >= 11 is 1.71. The molecule has 1 aromatic rings. The molecule has 0 saturated carbocycles. The van der Waals surface area contributed by atoms with E-state index < -0.39 is 5.97 Å². The molecular weight excluding hydrogens is 248 g/mol. The highest BCUT2D eigenvalue weighted by Crippen LogP contribution is 2.26. The average molecular weight is 268 g/mol. The van der Waals surface area contributed by atoms with Crippen molar-refractivity contribution in [2.75, 3.05) is 6.54 Å². The van der Waals surface area contributed by atoms with E-state index in [0.29, 0.717) is 0 Å². The first-order chi connectivity index (χ1) is 8.61. The van der Waals surface area contributed by atoms with E-state index in [1.807, 2.05) is 6.92 Å². The van der Waals surface area contributed by atoms with Crippen LogP contribution in [-0.4, -0.2) is 33.5 Å². The summed E-state index contributed by atoms with van der Waals surface area (Å²) in [6.45, 7) is 5.80. The van der Waals surface area contributed by atoms with Gasteiger partial charge in [0.25, 0.3) is 0 Å². The second-order valence-electron chi connectivity index (χ2n) is 4.93. The zero-order chi connectivity index (χ0) is 13.1. The Labute approximate surface area is 112 Å². The Morgan fingerprint density at radius 1 is 1.67 bits per heavy atom. The number of hydrogen-bond acceptors (Lipinski definition) is 4. The van der Waals surface area contributed by atoms with Crippen LogP contribution in [0.25, 0.3) is 0 Å². The van der Waals surface area contributed by atoms with Crippen molar-refractivity contribution in [3.63, 3.8) is 0 Å². The van der Waals surface area contributed by atoms with E-state index in [-0.39, 0.29) is 12.0 Å². The number of carboxylic acid groups (broad SMARTS) is 1. The third kappa shape index (κ3) is 2.90. The van der Waals surface area contributed by atoms with Crippen LogP contribution in [0.15, 0.2) is 5.38 Å². The molecule has 0 aliphatic carbocycles. The number of aromatic nitrogens is 1. The number of carboxylic acids is 1. The van der Waals surface area contributed by atoms with Gasteiger partial charge in [0.1, 0.15) is 0 Å². The van der Waals surface area contributed by atoms with Gasteiger partial charge in [-0.1, -0.05) is 6.92 Å². The van der Waals surface area contributed by atoms with E-state index >= 15 is 0 Å². The van der Waals surface area contributed by atoms with Gasteiger partial charge in [0, 0.05) is 18.0 Å². The minimum absolute atomic E-state index is 0.110. The average Bonchev–Trinajstić information content (AvgIpc) is 2.89. The first kappa shape index (κ1) is 13.5. The molecule has 0 radical (unpaired) electrons. The zero-order valence-electron chi connectivity index (χ0n) is 10.9. The summed E-state index contributed by atoms with van der Waals surface area (Å²) < 4.78 is 0. The van der Waals surface area contributed by atoms with Gasteiger partial charge in [-0.25, -0.2) is 4.98 Å². The molecule has 2 heterocycles. The lowest BCUT2D eigenvalue weighted by Gasteiger charge is -2.21. The Balaban J connectivity index is 1.95. The van der Waals surface area contributed by atoms with Gasteiger partial charge >= 0.3 is 5.97 Å². The molecule has 1 aliphatic rings. The highest BCUT2D eigenvalue weighted by atomic mass is 32.1. The SMILES string of the molecule is CCCc1nc(CN2CCC(C(=O)O)C2C)cs1. The van der Waals surface area contributed by atoms with Gasteiger partial charge in [0.15, 0.2) is 0 Å². The van der Waals surface area contributed by atoms with Gasteiger partial charge in [-0.05, 0) is 32.7 Å². The molecule has 1 fully saturated rings. The fraction of sp³-hybridized carbons (Fsp3) is 0.692. The third-order valence-corrected chi connectivity index (χ3v) is 4.59. The first-order valence-electron chi connectivity index (χ1n) is 6.52. The Hall–Kier alpha value is -0.940. The fourth-order valence-corrected chi connectivity index (χ4v) is 3.41. The Morgan fingerprint density at radius 2 is 2.44 bits per heavy atom. The molecule has 0 aromatic carbocycles. The van der Waals surface area contributed by atoms with E-state index in [2.05, 4.69) is 22.2 Å². The summed E-state index contributed by atoms with van der Waals surface area (Å²) in [5, 5.41) is 12.4. The molecule has 2 rings (SSSR count). The predicted octanol–water partition coefficient (Wildman–Crippen LogP) is 2.39. The topological polar surface area (TPSA) is 53.4 Å². The minimum atomic E-state index is -0.671. The smallest absolute Gasteiger partial charge is 0.308 e. The lowest BCUT2D eigenvalue weighted by atomic mass is 10.0. The van der Waals surface area contributed by atoms with Gasteiger partial charge in [-0.3, -0.25) is 9.69 Å². The molecule has 4 nitrogen and oxygen atoms in total. The van der Waals surface area contributed by atoms with Crippen molar-refractivity contribution in [3.05, 3.63) is 16.1 Å². The van der Waals surface area contributed by atoms with Crippen molar-refractivity contribution in [1.82, 2.24) is 9.88 Å². The summed E-state index contributed by atoms with van der Waals surface area (Å²) in [5.41, 5.74) is 1.08. The van der Waals surface area contributed by atoms with E-state index in [4.69, 9.17) is 5.11 Å². The number of carbonyl (C=O) groups is 1. The lowest BCUT2D eigenvalue weighted by molar-refractivity contribution is -0.142. The maximum atomic E-state index is 11.1. The molecule has 100 valence electrons. The Kier molecular flexibility index (Phi) is 4.35. The molecule has 2 unspecified atom stereocenters. The summed E-state index contributed by atoms with van der Waals surface area (Å²) in [5.74, 6) is -0.895. The molecule has 2 atom stereocenters. The largest absolute Gasteiger partial charge is 0.481 e. The van der Waals surface area contributed by atoms with Crippen LogP contribution in [0.3, 0.4) is 0 Å². The van der Waals surface area contributed by atoms with Gasteiger partial charge < -0.3 is 5.11 Å². The highest BCUT2D eigenvalue weighted by molar-refractivity contribution is 7.09. The van der Waals surface area contributed by atoms with Gasteiger partial charge in [0.05, 0.1) is 16.6 Å². The number of aryl methyl sites for hydroxylation is 1. The second kappa shape index (κ2) is 5.80. The Morgan fingerprint density at radius 3 is 3.06 bits per heavy atom. The number of rotatable bonds is 5. The van der Waals surface area contributed by atoms with E-state index in [1.165, 1.54) is 5.01 Å². The summed E-state index contributed by atoms with van der Waals surface area (Å²) in [6, 6.07) is 0.110. The van der Waals surface area contributed by atoms with Crippen LogP contribution in [-0.2, 0) is 17.8 Å². The van der Waals surface area contributed by atoms with Crippen LogP contribution in [0, 0.1) is 5.92 Å². The predicted molar refractivity (Wildman–Crippen MR) is 71.7 cm³/mol. The molecule has 1 saturated heterocycles. The van der Waals surface area contributed by atoms with Crippen molar-refractivity contribution in [3.8, 4) is 0 Å². The number of likely N-dealkylation sites (tertiary alicyclic amines) is 1. The lowest BCUT2D eigenvalue weighted by Crippen LogP contribution is -2.32. The van der Waals surface area contributed by atoms with Crippen molar-refractivity contribution in [1.29, 1.82) is 0 Å².